The van der Waals surface area contributed by atoms with Crippen LogP contribution in [0.4, 0.5) is 22.0 Å². The first kappa shape index (κ1) is 14.9. The van der Waals surface area contributed by atoms with E-state index in [-0.39, 0.29) is 4.88 Å². The predicted octanol–water partition coefficient (Wildman–Crippen LogP) is 4.14. The van der Waals surface area contributed by atoms with Gasteiger partial charge < -0.3 is 5.11 Å². The lowest BCUT2D eigenvalue weighted by atomic mass is 10.0. The van der Waals surface area contributed by atoms with Crippen molar-refractivity contribution in [1.82, 2.24) is 0 Å². The largest absolute Gasteiger partial charge is 0.383 e. The van der Waals surface area contributed by atoms with Crippen LogP contribution in [0.3, 0.4) is 0 Å². The summed E-state index contributed by atoms with van der Waals surface area (Å²) < 4.78 is 66.4. The van der Waals surface area contributed by atoms with Gasteiger partial charge in [0.15, 0.2) is 23.3 Å². The summed E-state index contributed by atoms with van der Waals surface area (Å²) in [4.78, 5) is 0.895. The zero-order valence-corrected chi connectivity index (χ0v) is 11.2. The number of halogens is 5. The summed E-state index contributed by atoms with van der Waals surface area (Å²) in [6.45, 7) is 3.28. The van der Waals surface area contributed by atoms with E-state index in [0.29, 0.717) is 5.56 Å². The number of benzene rings is 1. The molecule has 0 fully saturated rings. The summed E-state index contributed by atoms with van der Waals surface area (Å²) in [6.07, 6.45) is -1.90. The molecule has 0 aliphatic rings. The topological polar surface area (TPSA) is 20.2 Å². The van der Waals surface area contributed by atoms with Crippen LogP contribution in [0.5, 0.6) is 0 Å². The highest BCUT2D eigenvalue weighted by atomic mass is 32.1. The van der Waals surface area contributed by atoms with E-state index in [1.54, 1.807) is 19.9 Å². The monoisotopic (exact) mass is 308 g/mol. The molecule has 1 aromatic heterocycles. The van der Waals surface area contributed by atoms with E-state index in [0.717, 1.165) is 16.2 Å². The molecule has 0 aliphatic heterocycles. The smallest absolute Gasteiger partial charge is 0.200 e. The molecule has 0 saturated carbocycles. The van der Waals surface area contributed by atoms with Gasteiger partial charge in [0.05, 0.1) is 5.56 Å². The summed E-state index contributed by atoms with van der Waals surface area (Å²) in [7, 11) is 0. The van der Waals surface area contributed by atoms with Crippen LogP contribution in [0.15, 0.2) is 6.07 Å². The van der Waals surface area contributed by atoms with Crippen molar-refractivity contribution in [3.63, 3.8) is 0 Å². The minimum absolute atomic E-state index is 0.144. The van der Waals surface area contributed by atoms with Crippen molar-refractivity contribution in [3.05, 3.63) is 56.0 Å². The molecule has 108 valence electrons. The van der Waals surface area contributed by atoms with Gasteiger partial charge in [-0.05, 0) is 25.5 Å². The van der Waals surface area contributed by atoms with Gasteiger partial charge in [-0.2, -0.15) is 0 Å². The Morgan fingerprint density at radius 2 is 1.35 bits per heavy atom. The van der Waals surface area contributed by atoms with Crippen LogP contribution in [0.25, 0.3) is 0 Å². The van der Waals surface area contributed by atoms with Crippen LogP contribution < -0.4 is 0 Å². The standard InChI is InChI=1S/C13H9F5OS/c1-4-3-5(2)20-13(4)12(19)6-7(14)9(16)11(18)10(17)8(6)15/h3,12,19H,1-2H3. The summed E-state index contributed by atoms with van der Waals surface area (Å²) in [5, 5.41) is 9.96. The van der Waals surface area contributed by atoms with E-state index >= 15 is 0 Å². The maximum atomic E-state index is 13.6. The third kappa shape index (κ3) is 2.20. The van der Waals surface area contributed by atoms with Crippen LogP contribution in [0, 0.1) is 42.9 Å². The van der Waals surface area contributed by atoms with Crippen LogP contribution in [0.1, 0.15) is 27.0 Å². The quantitative estimate of drug-likeness (QED) is 0.502. The Labute approximate surface area is 115 Å². The maximum absolute atomic E-state index is 13.6. The van der Waals surface area contributed by atoms with Gasteiger partial charge in [-0.15, -0.1) is 11.3 Å². The molecule has 2 rings (SSSR count). The lowest BCUT2D eigenvalue weighted by Gasteiger charge is -2.14. The molecule has 0 amide bonds. The molecule has 1 N–H and O–H groups in total. The second-order valence-corrected chi connectivity index (χ2v) is 5.58. The molecule has 1 aromatic carbocycles. The van der Waals surface area contributed by atoms with Crippen LogP contribution in [0.2, 0.25) is 0 Å². The van der Waals surface area contributed by atoms with Gasteiger partial charge in [0, 0.05) is 9.75 Å². The fourth-order valence-electron chi connectivity index (χ4n) is 1.92. The van der Waals surface area contributed by atoms with Gasteiger partial charge >= 0.3 is 0 Å². The fraction of sp³-hybridized carbons (Fsp3) is 0.231. The van der Waals surface area contributed by atoms with Crippen molar-refractivity contribution in [2.45, 2.75) is 20.0 Å². The lowest BCUT2D eigenvalue weighted by molar-refractivity contribution is 0.205. The van der Waals surface area contributed by atoms with Crippen molar-refractivity contribution in [2.24, 2.45) is 0 Å². The maximum Gasteiger partial charge on any atom is 0.200 e. The van der Waals surface area contributed by atoms with Crippen molar-refractivity contribution < 1.29 is 27.1 Å². The molecule has 1 nitrogen and oxygen atoms in total. The molecular weight excluding hydrogens is 299 g/mol. The highest BCUT2D eigenvalue weighted by Crippen LogP contribution is 2.36. The Balaban J connectivity index is 2.67. The van der Waals surface area contributed by atoms with Gasteiger partial charge in [-0.25, -0.2) is 22.0 Å². The summed E-state index contributed by atoms with van der Waals surface area (Å²) in [6, 6.07) is 1.65. The lowest BCUT2D eigenvalue weighted by Crippen LogP contribution is -2.12. The van der Waals surface area contributed by atoms with E-state index in [1.807, 2.05) is 0 Å². The van der Waals surface area contributed by atoms with Gasteiger partial charge in [0.1, 0.15) is 6.10 Å². The number of hydrogen-bond donors (Lipinski definition) is 1. The van der Waals surface area contributed by atoms with Crippen molar-refractivity contribution >= 4 is 11.3 Å². The van der Waals surface area contributed by atoms with Gasteiger partial charge in [0.2, 0.25) is 5.82 Å². The molecule has 0 spiro atoms. The van der Waals surface area contributed by atoms with E-state index in [4.69, 9.17) is 0 Å². The third-order valence-corrected chi connectivity index (χ3v) is 4.05. The Morgan fingerprint density at radius 3 is 1.75 bits per heavy atom. The molecule has 7 heteroatoms. The average molecular weight is 308 g/mol. The average Bonchev–Trinajstić information content (AvgIpc) is 2.73. The fourth-order valence-corrected chi connectivity index (χ4v) is 2.96. The minimum atomic E-state index is -2.24. The number of aryl methyl sites for hydroxylation is 2. The third-order valence-electron chi connectivity index (χ3n) is 2.84. The van der Waals surface area contributed by atoms with Gasteiger partial charge in [-0.1, -0.05) is 0 Å². The summed E-state index contributed by atoms with van der Waals surface area (Å²) in [5.41, 5.74) is -0.713. The SMILES string of the molecule is Cc1cc(C)c(C(O)c2c(F)c(F)c(F)c(F)c2F)s1. The van der Waals surface area contributed by atoms with Gasteiger partial charge in [-0.3, -0.25) is 0 Å². The number of aliphatic hydroxyl groups is 1. The summed E-state index contributed by atoms with van der Waals surface area (Å²) >= 11 is 1.03. The highest BCUT2D eigenvalue weighted by molar-refractivity contribution is 7.12. The van der Waals surface area contributed by atoms with Crippen LogP contribution >= 0.6 is 11.3 Å². The van der Waals surface area contributed by atoms with E-state index < -0.39 is 40.8 Å². The highest BCUT2D eigenvalue weighted by Gasteiger charge is 2.31. The van der Waals surface area contributed by atoms with Crippen molar-refractivity contribution in [3.8, 4) is 0 Å². The number of aliphatic hydroxyl groups excluding tert-OH is 1. The second kappa shape index (κ2) is 5.14. The zero-order chi connectivity index (χ0) is 15.2. The van der Waals surface area contributed by atoms with Gasteiger partial charge in [0.25, 0.3) is 0 Å². The molecule has 1 heterocycles. The molecule has 1 unspecified atom stereocenters. The summed E-state index contributed by atoms with van der Waals surface area (Å²) in [5.74, 6) is -10.4. The molecule has 0 aliphatic carbocycles. The van der Waals surface area contributed by atoms with Crippen molar-refractivity contribution in [2.75, 3.05) is 0 Å². The second-order valence-electron chi connectivity index (χ2n) is 4.29. The molecule has 0 radical (unpaired) electrons. The number of hydrogen-bond acceptors (Lipinski definition) is 2. The molecule has 20 heavy (non-hydrogen) atoms. The molecule has 1 atom stereocenters. The van der Waals surface area contributed by atoms with Crippen molar-refractivity contribution in [1.29, 1.82) is 0 Å². The molecule has 2 aromatic rings. The Bertz CT molecular complexity index is 651. The Hall–Kier alpha value is -1.47. The Kier molecular flexibility index (Phi) is 3.84. The normalized spacial score (nSPS) is 12.8. The number of rotatable bonds is 2. The predicted molar refractivity (Wildman–Crippen MR) is 64.1 cm³/mol. The molecular formula is C13H9F5OS. The first-order valence-corrected chi connectivity index (χ1v) is 6.33. The first-order chi connectivity index (χ1) is 9.25. The first-order valence-electron chi connectivity index (χ1n) is 5.52. The molecule has 0 saturated heterocycles. The van der Waals surface area contributed by atoms with Crippen LogP contribution in [-0.2, 0) is 0 Å². The minimum Gasteiger partial charge on any atom is -0.383 e. The zero-order valence-electron chi connectivity index (χ0n) is 10.4. The van der Waals surface area contributed by atoms with Crippen LogP contribution in [-0.4, -0.2) is 5.11 Å². The van der Waals surface area contributed by atoms with E-state index in [2.05, 4.69) is 0 Å². The number of thiophene rings is 1. The Morgan fingerprint density at radius 1 is 0.900 bits per heavy atom. The molecule has 0 bridgehead atoms. The van der Waals surface area contributed by atoms with E-state index in [1.165, 1.54) is 0 Å². The van der Waals surface area contributed by atoms with E-state index in [9.17, 15) is 27.1 Å².